The molecule has 0 fully saturated rings. The second kappa shape index (κ2) is 5.32. The monoisotopic (exact) mass is 224 g/mol. The van der Waals surface area contributed by atoms with Crippen LogP contribution < -0.4 is 4.74 Å². The molecule has 3 nitrogen and oxygen atoms in total. The second-order valence-corrected chi connectivity index (χ2v) is 3.14. The molecule has 0 heterocycles. The van der Waals surface area contributed by atoms with Gasteiger partial charge in [-0.25, -0.2) is 0 Å². The number of ether oxygens (including phenoxy) is 1. The maximum atomic E-state index is 10.8. The highest BCUT2D eigenvalue weighted by atomic mass is 35.5. The Hall–Kier alpha value is -1.61. The van der Waals surface area contributed by atoms with E-state index in [9.17, 15) is 9.59 Å². The largest absolute Gasteiger partial charge is 0.426 e. The van der Waals surface area contributed by atoms with Crippen molar-refractivity contribution >= 4 is 28.9 Å². The first-order valence-electron chi connectivity index (χ1n) is 4.24. The van der Waals surface area contributed by atoms with Crippen LogP contribution in [0.4, 0.5) is 0 Å². The van der Waals surface area contributed by atoms with E-state index in [-0.39, 0.29) is 0 Å². The van der Waals surface area contributed by atoms with Gasteiger partial charge >= 0.3 is 5.97 Å². The summed E-state index contributed by atoms with van der Waals surface area (Å²) in [5.74, 6) is -0.00721. The number of hydrogen-bond acceptors (Lipinski definition) is 3. The van der Waals surface area contributed by atoms with Crippen LogP contribution in [-0.4, -0.2) is 11.2 Å². The molecule has 0 atom stereocenters. The van der Waals surface area contributed by atoms with Gasteiger partial charge in [0.2, 0.25) is 5.24 Å². The predicted molar refractivity (Wildman–Crippen MR) is 57.6 cm³/mol. The smallest absolute Gasteiger partial charge is 0.308 e. The Morgan fingerprint density at radius 2 is 2.00 bits per heavy atom. The van der Waals surface area contributed by atoms with Gasteiger partial charge in [0.15, 0.2) is 0 Å². The Bertz CT molecular complexity index is 410. The van der Waals surface area contributed by atoms with Crippen molar-refractivity contribution in [3.05, 3.63) is 35.9 Å². The van der Waals surface area contributed by atoms with E-state index in [0.29, 0.717) is 11.3 Å². The first kappa shape index (κ1) is 11.5. The number of hydrogen-bond donors (Lipinski definition) is 0. The van der Waals surface area contributed by atoms with Gasteiger partial charge in [0.25, 0.3) is 0 Å². The highest BCUT2D eigenvalue weighted by Gasteiger charge is 2.02. The van der Waals surface area contributed by atoms with E-state index in [1.54, 1.807) is 24.3 Å². The topological polar surface area (TPSA) is 43.4 Å². The molecular weight excluding hydrogens is 216 g/mol. The van der Waals surface area contributed by atoms with Crippen LogP contribution in [0.25, 0.3) is 6.08 Å². The van der Waals surface area contributed by atoms with E-state index < -0.39 is 11.2 Å². The second-order valence-electron chi connectivity index (χ2n) is 2.77. The molecule has 15 heavy (non-hydrogen) atoms. The van der Waals surface area contributed by atoms with E-state index in [4.69, 9.17) is 16.3 Å². The maximum absolute atomic E-state index is 10.8. The minimum atomic E-state index is -0.576. The van der Waals surface area contributed by atoms with Crippen LogP contribution >= 0.6 is 11.6 Å². The van der Waals surface area contributed by atoms with Crippen molar-refractivity contribution in [2.45, 2.75) is 6.92 Å². The summed E-state index contributed by atoms with van der Waals surface area (Å²) in [7, 11) is 0. The Balaban J connectivity index is 2.95. The van der Waals surface area contributed by atoms with Gasteiger partial charge in [-0.1, -0.05) is 18.2 Å². The summed E-state index contributed by atoms with van der Waals surface area (Å²) in [6.45, 7) is 1.31. The molecule has 0 radical (unpaired) electrons. The molecule has 0 amide bonds. The van der Waals surface area contributed by atoms with E-state index in [1.807, 2.05) is 0 Å². The van der Waals surface area contributed by atoms with Crippen molar-refractivity contribution in [3.8, 4) is 5.75 Å². The fraction of sp³-hybridized carbons (Fsp3) is 0.0909. The van der Waals surface area contributed by atoms with Gasteiger partial charge in [0.05, 0.1) is 0 Å². The van der Waals surface area contributed by atoms with Gasteiger partial charge in [-0.15, -0.1) is 0 Å². The Kier molecular flexibility index (Phi) is 4.06. The van der Waals surface area contributed by atoms with Gasteiger partial charge < -0.3 is 4.74 Å². The lowest BCUT2D eigenvalue weighted by atomic mass is 10.2. The van der Waals surface area contributed by atoms with Crippen molar-refractivity contribution < 1.29 is 14.3 Å². The van der Waals surface area contributed by atoms with Gasteiger partial charge in [0, 0.05) is 12.5 Å². The van der Waals surface area contributed by atoms with Crippen LogP contribution in [0.2, 0.25) is 0 Å². The molecule has 78 valence electrons. The van der Waals surface area contributed by atoms with Crippen LogP contribution in [0.15, 0.2) is 30.3 Å². The van der Waals surface area contributed by atoms with Crippen LogP contribution in [0.3, 0.4) is 0 Å². The van der Waals surface area contributed by atoms with Crippen molar-refractivity contribution in [1.29, 1.82) is 0 Å². The average molecular weight is 225 g/mol. The number of para-hydroxylation sites is 1. The predicted octanol–water partition coefficient (Wildman–Crippen LogP) is 2.39. The molecule has 0 saturated heterocycles. The maximum Gasteiger partial charge on any atom is 0.308 e. The SMILES string of the molecule is CC(=O)Oc1ccccc1/C=C/C(=O)Cl. The van der Waals surface area contributed by atoms with Gasteiger partial charge in [-0.3, -0.25) is 9.59 Å². The summed E-state index contributed by atoms with van der Waals surface area (Å²) in [4.78, 5) is 21.3. The number of benzene rings is 1. The number of esters is 1. The van der Waals surface area contributed by atoms with Crippen LogP contribution in [-0.2, 0) is 9.59 Å². The third-order valence-corrected chi connectivity index (χ3v) is 1.69. The minimum Gasteiger partial charge on any atom is -0.426 e. The lowest BCUT2D eigenvalue weighted by Crippen LogP contribution is -2.02. The fourth-order valence-corrected chi connectivity index (χ4v) is 1.08. The molecule has 0 aliphatic rings. The zero-order chi connectivity index (χ0) is 11.3. The number of carbonyl (C=O) groups excluding carboxylic acids is 2. The first-order valence-corrected chi connectivity index (χ1v) is 4.62. The van der Waals surface area contributed by atoms with Crippen LogP contribution in [0.5, 0.6) is 5.75 Å². The van der Waals surface area contributed by atoms with Crippen molar-refractivity contribution in [3.63, 3.8) is 0 Å². The summed E-state index contributed by atoms with van der Waals surface area (Å²) in [6, 6.07) is 6.86. The lowest BCUT2D eigenvalue weighted by Gasteiger charge is -2.04. The van der Waals surface area contributed by atoms with E-state index in [1.165, 1.54) is 19.1 Å². The third-order valence-electron chi connectivity index (χ3n) is 1.57. The van der Waals surface area contributed by atoms with Gasteiger partial charge in [-0.2, -0.15) is 0 Å². The molecule has 0 unspecified atom stereocenters. The lowest BCUT2D eigenvalue weighted by molar-refractivity contribution is -0.131. The zero-order valence-electron chi connectivity index (χ0n) is 8.07. The summed E-state index contributed by atoms with van der Waals surface area (Å²) in [6.07, 6.45) is 2.69. The van der Waals surface area contributed by atoms with Crippen LogP contribution in [0, 0.1) is 0 Å². The molecule has 1 aromatic rings. The number of carbonyl (C=O) groups is 2. The molecule has 0 aliphatic carbocycles. The highest BCUT2D eigenvalue weighted by molar-refractivity contribution is 6.66. The van der Waals surface area contributed by atoms with Gasteiger partial charge in [-0.05, 0) is 29.8 Å². The van der Waals surface area contributed by atoms with Crippen LogP contribution in [0.1, 0.15) is 12.5 Å². The summed E-state index contributed by atoms with van der Waals surface area (Å²) < 4.78 is 4.93. The normalized spacial score (nSPS) is 10.3. The number of rotatable bonds is 3. The quantitative estimate of drug-likeness (QED) is 0.343. The molecule has 0 bridgehead atoms. The van der Waals surface area contributed by atoms with E-state index >= 15 is 0 Å². The highest BCUT2D eigenvalue weighted by Crippen LogP contribution is 2.19. The summed E-state index contributed by atoms with van der Waals surface area (Å²) >= 11 is 5.15. The van der Waals surface area contributed by atoms with Crippen molar-refractivity contribution in [2.75, 3.05) is 0 Å². The molecule has 1 aromatic carbocycles. The number of halogens is 1. The molecule has 0 aliphatic heterocycles. The van der Waals surface area contributed by atoms with Gasteiger partial charge in [0.1, 0.15) is 5.75 Å². The minimum absolute atomic E-state index is 0.402. The Morgan fingerprint density at radius 3 is 2.60 bits per heavy atom. The summed E-state index contributed by atoms with van der Waals surface area (Å²) in [5, 5.41) is -0.576. The first-order chi connectivity index (χ1) is 7.09. The zero-order valence-corrected chi connectivity index (χ0v) is 8.82. The van der Waals surface area contributed by atoms with E-state index in [2.05, 4.69) is 0 Å². The number of allylic oxidation sites excluding steroid dienone is 1. The molecule has 1 rings (SSSR count). The summed E-state index contributed by atoms with van der Waals surface area (Å²) in [5.41, 5.74) is 0.627. The molecule has 4 heteroatoms. The van der Waals surface area contributed by atoms with Crippen molar-refractivity contribution in [1.82, 2.24) is 0 Å². The van der Waals surface area contributed by atoms with E-state index in [0.717, 1.165) is 0 Å². The molecule has 0 N–H and O–H groups in total. The Morgan fingerprint density at radius 1 is 1.33 bits per heavy atom. The molecular formula is C11H9ClO3. The molecule has 0 spiro atoms. The fourth-order valence-electron chi connectivity index (χ4n) is 1.02. The molecule has 0 aromatic heterocycles. The van der Waals surface area contributed by atoms with Crippen molar-refractivity contribution in [2.24, 2.45) is 0 Å². The molecule has 0 saturated carbocycles. The Labute approximate surface area is 92.3 Å². The third kappa shape index (κ3) is 3.95. The standard InChI is InChI=1S/C11H9ClO3/c1-8(13)15-10-5-3-2-4-9(10)6-7-11(12)14/h2-7H,1H3/b7-6+. The average Bonchev–Trinajstić information content (AvgIpc) is 2.15.